The number of nitrogens with one attached hydrogen (secondary N) is 2. The summed E-state index contributed by atoms with van der Waals surface area (Å²) in [5, 5.41) is 6.08. The van der Waals surface area contributed by atoms with Crippen molar-refractivity contribution >= 4 is 5.91 Å². The standard InChI is InChI=1S/C13H21N3O/c1-10(11-6-5-7-14-8-11)15-9-12(17)16-13(2,3)4/h5-8,10,15H,9H2,1-4H3,(H,16,17)/t10-/m1/s1. The van der Waals surface area contributed by atoms with E-state index in [1.54, 1.807) is 12.4 Å². The molecule has 4 heteroatoms. The molecule has 0 spiro atoms. The van der Waals surface area contributed by atoms with E-state index in [4.69, 9.17) is 0 Å². The Morgan fingerprint density at radius 3 is 2.71 bits per heavy atom. The lowest BCUT2D eigenvalue weighted by molar-refractivity contribution is -0.121. The van der Waals surface area contributed by atoms with Crippen LogP contribution < -0.4 is 10.6 Å². The van der Waals surface area contributed by atoms with E-state index in [-0.39, 0.29) is 17.5 Å². The number of rotatable bonds is 4. The Labute approximate surface area is 103 Å². The van der Waals surface area contributed by atoms with Crippen LogP contribution in [-0.2, 0) is 4.79 Å². The van der Waals surface area contributed by atoms with Gasteiger partial charge in [-0.15, -0.1) is 0 Å². The zero-order valence-electron chi connectivity index (χ0n) is 10.9. The molecule has 1 rings (SSSR count). The van der Waals surface area contributed by atoms with Crippen LogP contribution in [0.2, 0.25) is 0 Å². The second-order valence-corrected chi connectivity index (χ2v) is 5.19. The lowest BCUT2D eigenvalue weighted by atomic mass is 10.1. The number of carbonyl (C=O) groups is 1. The van der Waals surface area contributed by atoms with Crippen molar-refractivity contribution in [2.45, 2.75) is 39.3 Å². The van der Waals surface area contributed by atoms with Crippen LogP contribution in [0.4, 0.5) is 0 Å². The summed E-state index contributed by atoms with van der Waals surface area (Å²) >= 11 is 0. The monoisotopic (exact) mass is 235 g/mol. The summed E-state index contributed by atoms with van der Waals surface area (Å²) in [5.74, 6) is 0.00763. The lowest BCUT2D eigenvalue weighted by Gasteiger charge is -2.21. The van der Waals surface area contributed by atoms with Gasteiger partial charge in [0.05, 0.1) is 6.54 Å². The maximum atomic E-state index is 11.6. The molecule has 0 fully saturated rings. The summed E-state index contributed by atoms with van der Waals surface area (Å²) in [7, 11) is 0. The molecule has 1 amide bonds. The average molecular weight is 235 g/mol. The van der Waals surface area contributed by atoms with Crippen molar-refractivity contribution < 1.29 is 4.79 Å². The molecule has 4 nitrogen and oxygen atoms in total. The fourth-order valence-electron chi connectivity index (χ4n) is 1.46. The minimum atomic E-state index is -0.184. The van der Waals surface area contributed by atoms with Gasteiger partial charge in [-0.2, -0.15) is 0 Å². The van der Waals surface area contributed by atoms with E-state index in [0.717, 1.165) is 5.56 Å². The number of pyridine rings is 1. The highest BCUT2D eigenvalue weighted by Crippen LogP contribution is 2.09. The highest BCUT2D eigenvalue weighted by molar-refractivity contribution is 5.78. The molecule has 0 saturated heterocycles. The Bertz CT molecular complexity index is 357. The molecular formula is C13H21N3O. The summed E-state index contributed by atoms with van der Waals surface area (Å²) in [6.45, 7) is 8.23. The van der Waals surface area contributed by atoms with Crippen LogP contribution in [0.25, 0.3) is 0 Å². The van der Waals surface area contributed by atoms with Gasteiger partial charge >= 0.3 is 0 Å². The minimum absolute atomic E-state index is 0.00763. The molecule has 0 unspecified atom stereocenters. The van der Waals surface area contributed by atoms with Crippen molar-refractivity contribution in [3.05, 3.63) is 30.1 Å². The summed E-state index contributed by atoms with van der Waals surface area (Å²) in [4.78, 5) is 15.7. The maximum Gasteiger partial charge on any atom is 0.234 e. The molecule has 0 aliphatic rings. The third-order valence-electron chi connectivity index (χ3n) is 2.27. The van der Waals surface area contributed by atoms with Crippen LogP contribution >= 0.6 is 0 Å². The van der Waals surface area contributed by atoms with Crippen molar-refractivity contribution in [2.24, 2.45) is 0 Å². The second-order valence-electron chi connectivity index (χ2n) is 5.19. The molecule has 1 heterocycles. The quantitative estimate of drug-likeness (QED) is 0.834. The highest BCUT2D eigenvalue weighted by atomic mass is 16.2. The van der Waals surface area contributed by atoms with E-state index >= 15 is 0 Å². The predicted octanol–water partition coefficient (Wildman–Crippen LogP) is 1.65. The van der Waals surface area contributed by atoms with E-state index in [2.05, 4.69) is 15.6 Å². The molecule has 0 bridgehead atoms. The van der Waals surface area contributed by atoms with Crippen LogP contribution in [0.15, 0.2) is 24.5 Å². The molecule has 0 aliphatic carbocycles. The minimum Gasteiger partial charge on any atom is -0.350 e. The normalized spacial score (nSPS) is 13.2. The molecule has 1 aromatic rings. The van der Waals surface area contributed by atoms with Gasteiger partial charge in [0.2, 0.25) is 5.91 Å². The summed E-state index contributed by atoms with van der Waals surface area (Å²) in [5.41, 5.74) is 0.895. The zero-order valence-corrected chi connectivity index (χ0v) is 10.9. The van der Waals surface area contributed by atoms with Crippen LogP contribution in [0.1, 0.15) is 39.3 Å². The van der Waals surface area contributed by atoms with Crippen molar-refractivity contribution in [3.8, 4) is 0 Å². The van der Waals surface area contributed by atoms with Crippen LogP contribution in [0.5, 0.6) is 0 Å². The SMILES string of the molecule is C[C@@H](NCC(=O)NC(C)(C)C)c1cccnc1. The Morgan fingerprint density at radius 2 is 2.18 bits per heavy atom. The first-order valence-electron chi connectivity index (χ1n) is 5.83. The van der Waals surface area contributed by atoms with Gasteiger partial charge in [0.15, 0.2) is 0 Å². The zero-order chi connectivity index (χ0) is 12.9. The van der Waals surface area contributed by atoms with Crippen LogP contribution in [0, 0.1) is 0 Å². The molecule has 2 N–H and O–H groups in total. The molecule has 94 valence electrons. The molecular weight excluding hydrogens is 214 g/mol. The number of hydrogen-bond donors (Lipinski definition) is 2. The third kappa shape index (κ3) is 5.45. The number of nitrogens with zero attached hydrogens (tertiary/aromatic N) is 1. The van der Waals surface area contributed by atoms with Crippen LogP contribution in [0.3, 0.4) is 0 Å². The first kappa shape index (κ1) is 13.6. The molecule has 0 aliphatic heterocycles. The Balaban J connectivity index is 2.39. The van der Waals surface area contributed by atoms with E-state index in [9.17, 15) is 4.79 Å². The maximum absolute atomic E-state index is 11.6. The van der Waals surface area contributed by atoms with E-state index < -0.39 is 0 Å². The fourth-order valence-corrected chi connectivity index (χ4v) is 1.46. The van der Waals surface area contributed by atoms with Gasteiger partial charge in [0, 0.05) is 24.0 Å². The predicted molar refractivity (Wildman–Crippen MR) is 68.6 cm³/mol. The van der Waals surface area contributed by atoms with Gasteiger partial charge in [-0.05, 0) is 39.3 Å². The number of aromatic nitrogens is 1. The first-order valence-corrected chi connectivity index (χ1v) is 5.83. The molecule has 1 atom stereocenters. The first-order chi connectivity index (χ1) is 7.88. The van der Waals surface area contributed by atoms with Gasteiger partial charge < -0.3 is 10.6 Å². The van der Waals surface area contributed by atoms with Gasteiger partial charge in [-0.3, -0.25) is 9.78 Å². The summed E-state index contributed by atoms with van der Waals surface area (Å²) in [6, 6.07) is 4.00. The van der Waals surface area contributed by atoms with E-state index in [1.165, 1.54) is 0 Å². The van der Waals surface area contributed by atoms with Crippen LogP contribution in [-0.4, -0.2) is 23.0 Å². The van der Waals surface area contributed by atoms with E-state index in [0.29, 0.717) is 6.54 Å². The van der Waals surface area contributed by atoms with Gasteiger partial charge in [-0.1, -0.05) is 6.07 Å². The van der Waals surface area contributed by atoms with Gasteiger partial charge in [-0.25, -0.2) is 0 Å². The third-order valence-corrected chi connectivity index (χ3v) is 2.27. The Morgan fingerprint density at radius 1 is 1.47 bits per heavy atom. The molecule has 0 aromatic carbocycles. The number of hydrogen-bond acceptors (Lipinski definition) is 3. The van der Waals surface area contributed by atoms with Crippen molar-refractivity contribution in [1.82, 2.24) is 15.6 Å². The lowest BCUT2D eigenvalue weighted by Crippen LogP contribution is -2.45. The van der Waals surface area contributed by atoms with Gasteiger partial charge in [0.25, 0.3) is 0 Å². The molecule has 1 aromatic heterocycles. The molecule has 17 heavy (non-hydrogen) atoms. The smallest absolute Gasteiger partial charge is 0.234 e. The highest BCUT2D eigenvalue weighted by Gasteiger charge is 2.14. The summed E-state index contributed by atoms with van der Waals surface area (Å²) < 4.78 is 0. The second kappa shape index (κ2) is 5.77. The van der Waals surface area contributed by atoms with E-state index in [1.807, 2.05) is 39.8 Å². The average Bonchev–Trinajstić information content (AvgIpc) is 2.25. The molecule has 0 radical (unpaired) electrons. The molecule has 0 saturated carbocycles. The Hall–Kier alpha value is -1.42. The van der Waals surface area contributed by atoms with Crippen molar-refractivity contribution in [1.29, 1.82) is 0 Å². The number of amides is 1. The topological polar surface area (TPSA) is 54.0 Å². The van der Waals surface area contributed by atoms with Crippen molar-refractivity contribution in [3.63, 3.8) is 0 Å². The Kier molecular flexibility index (Phi) is 4.63. The number of carbonyl (C=O) groups excluding carboxylic acids is 1. The van der Waals surface area contributed by atoms with Gasteiger partial charge in [0.1, 0.15) is 0 Å². The van der Waals surface area contributed by atoms with Crippen molar-refractivity contribution in [2.75, 3.05) is 6.54 Å². The fraction of sp³-hybridized carbons (Fsp3) is 0.538. The largest absolute Gasteiger partial charge is 0.350 e. The summed E-state index contributed by atoms with van der Waals surface area (Å²) in [6.07, 6.45) is 3.54.